The van der Waals surface area contributed by atoms with Gasteiger partial charge in [-0.25, -0.2) is 0 Å². The largest absolute Gasteiger partial charge is 0.357 e. The summed E-state index contributed by atoms with van der Waals surface area (Å²) in [5.41, 5.74) is 4.18. The van der Waals surface area contributed by atoms with E-state index in [0.29, 0.717) is 5.54 Å². The van der Waals surface area contributed by atoms with Crippen molar-refractivity contribution in [2.24, 2.45) is 0 Å². The fourth-order valence-electron chi connectivity index (χ4n) is 4.42. The summed E-state index contributed by atoms with van der Waals surface area (Å²) in [5.74, 6) is 0. The minimum Gasteiger partial charge on any atom is -0.357 e. The molecule has 2 aliphatic heterocycles. The second-order valence-corrected chi connectivity index (χ2v) is 7.41. The predicted molar refractivity (Wildman–Crippen MR) is 92.5 cm³/mol. The van der Waals surface area contributed by atoms with Crippen molar-refractivity contribution in [1.82, 2.24) is 15.2 Å². The van der Waals surface area contributed by atoms with Crippen LogP contribution in [0.15, 0.2) is 18.2 Å². The Morgan fingerprint density at radius 3 is 2.82 bits per heavy atom. The summed E-state index contributed by atoms with van der Waals surface area (Å²) < 4.78 is 0. The zero-order chi connectivity index (χ0) is 15.2. The average molecular weight is 318 g/mol. The summed E-state index contributed by atoms with van der Waals surface area (Å²) in [5, 5.41) is 5.62. The van der Waals surface area contributed by atoms with Crippen LogP contribution in [-0.4, -0.2) is 35.1 Å². The number of aryl methyl sites for hydroxylation is 1. The predicted octanol–water partition coefficient (Wildman–Crippen LogP) is 3.85. The molecule has 1 aromatic carbocycles. The van der Waals surface area contributed by atoms with E-state index in [2.05, 4.69) is 28.2 Å². The van der Waals surface area contributed by atoms with Crippen LogP contribution in [0.5, 0.6) is 0 Å². The topological polar surface area (TPSA) is 31.1 Å². The van der Waals surface area contributed by atoms with E-state index in [1.807, 2.05) is 12.1 Å². The van der Waals surface area contributed by atoms with E-state index < -0.39 is 0 Å². The summed E-state index contributed by atoms with van der Waals surface area (Å²) in [7, 11) is 0. The molecule has 118 valence electrons. The molecule has 2 saturated heterocycles. The van der Waals surface area contributed by atoms with E-state index in [1.165, 1.54) is 54.4 Å². The Morgan fingerprint density at radius 1 is 1.18 bits per heavy atom. The number of nitrogens with one attached hydrogen (secondary N) is 2. The molecule has 0 amide bonds. The van der Waals surface area contributed by atoms with Crippen LogP contribution in [0.3, 0.4) is 0 Å². The third-order valence-electron chi connectivity index (χ3n) is 5.60. The van der Waals surface area contributed by atoms with Gasteiger partial charge < -0.3 is 10.3 Å². The monoisotopic (exact) mass is 317 g/mol. The lowest BCUT2D eigenvalue weighted by molar-refractivity contribution is 0.0918. The number of fused-ring (bicyclic) bond motifs is 1. The molecule has 0 radical (unpaired) electrons. The van der Waals surface area contributed by atoms with Crippen molar-refractivity contribution in [2.75, 3.05) is 19.6 Å². The Hall–Kier alpha value is -1.03. The first-order valence-corrected chi connectivity index (χ1v) is 8.78. The van der Waals surface area contributed by atoms with Crippen LogP contribution in [0.4, 0.5) is 0 Å². The molecule has 4 heteroatoms. The second kappa shape index (κ2) is 5.55. The molecule has 2 fully saturated rings. The Balaban J connectivity index is 1.61. The highest BCUT2D eigenvalue weighted by molar-refractivity contribution is 6.31. The van der Waals surface area contributed by atoms with Crippen LogP contribution in [0, 0.1) is 6.92 Å². The molecular weight excluding hydrogens is 294 g/mol. The molecule has 3 heterocycles. The summed E-state index contributed by atoms with van der Waals surface area (Å²) in [6, 6.07) is 6.40. The van der Waals surface area contributed by atoms with Crippen LogP contribution in [-0.2, 0) is 6.54 Å². The highest BCUT2D eigenvalue weighted by atomic mass is 35.5. The fourth-order valence-corrected chi connectivity index (χ4v) is 4.70. The maximum Gasteiger partial charge on any atom is 0.0474 e. The Labute approximate surface area is 137 Å². The molecule has 0 atom stereocenters. The van der Waals surface area contributed by atoms with E-state index in [1.54, 1.807) is 0 Å². The van der Waals surface area contributed by atoms with Gasteiger partial charge in [-0.3, -0.25) is 4.90 Å². The number of hydrogen-bond donors (Lipinski definition) is 2. The SMILES string of the molecule is Cc1cc(Cl)cc2[nH]c(CN3CCCC34CCNCC4)cc12. The number of rotatable bonds is 2. The highest BCUT2D eigenvalue weighted by Crippen LogP contribution is 2.38. The Kier molecular flexibility index (Phi) is 3.67. The number of nitrogens with zero attached hydrogens (tertiary/aromatic N) is 1. The summed E-state index contributed by atoms with van der Waals surface area (Å²) in [6.45, 7) is 6.73. The zero-order valence-corrected chi connectivity index (χ0v) is 14.0. The lowest BCUT2D eigenvalue weighted by Crippen LogP contribution is -2.50. The molecule has 0 aliphatic carbocycles. The standard InChI is InChI=1S/C18H24ClN3/c1-13-9-14(19)10-17-16(13)11-15(21-17)12-22-8-2-3-18(22)4-6-20-7-5-18/h9-11,20-21H,2-8,12H2,1H3. The number of aromatic amines is 1. The summed E-state index contributed by atoms with van der Waals surface area (Å²) in [6.07, 6.45) is 5.28. The number of hydrogen-bond acceptors (Lipinski definition) is 2. The maximum atomic E-state index is 6.18. The van der Waals surface area contributed by atoms with Gasteiger partial charge in [0, 0.05) is 33.7 Å². The van der Waals surface area contributed by atoms with Crippen LogP contribution >= 0.6 is 11.6 Å². The fraction of sp³-hybridized carbons (Fsp3) is 0.556. The van der Waals surface area contributed by atoms with Crippen LogP contribution in [0.25, 0.3) is 10.9 Å². The smallest absolute Gasteiger partial charge is 0.0474 e. The lowest BCUT2D eigenvalue weighted by atomic mass is 9.85. The molecule has 1 spiro atoms. The molecule has 0 unspecified atom stereocenters. The van der Waals surface area contributed by atoms with Crippen molar-refractivity contribution in [3.8, 4) is 0 Å². The van der Waals surface area contributed by atoms with E-state index in [-0.39, 0.29) is 0 Å². The van der Waals surface area contributed by atoms with Gasteiger partial charge in [0.15, 0.2) is 0 Å². The molecule has 2 aromatic rings. The minimum absolute atomic E-state index is 0.440. The quantitative estimate of drug-likeness (QED) is 0.881. The molecule has 22 heavy (non-hydrogen) atoms. The maximum absolute atomic E-state index is 6.18. The van der Waals surface area contributed by atoms with Crippen molar-refractivity contribution in [2.45, 2.75) is 44.7 Å². The number of benzene rings is 1. The first-order chi connectivity index (χ1) is 10.7. The third kappa shape index (κ3) is 2.45. The number of likely N-dealkylation sites (tertiary alicyclic amines) is 1. The van der Waals surface area contributed by atoms with Gasteiger partial charge in [-0.2, -0.15) is 0 Å². The molecule has 3 nitrogen and oxygen atoms in total. The summed E-state index contributed by atoms with van der Waals surface area (Å²) in [4.78, 5) is 6.30. The molecule has 4 rings (SSSR count). The number of H-pyrrole nitrogens is 1. The van der Waals surface area contributed by atoms with Gasteiger partial charge in [0.1, 0.15) is 0 Å². The Morgan fingerprint density at radius 2 is 2.00 bits per heavy atom. The van der Waals surface area contributed by atoms with Gasteiger partial charge in [0.2, 0.25) is 0 Å². The van der Waals surface area contributed by atoms with Crippen LogP contribution in [0.2, 0.25) is 5.02 Å². The van der Waals surface area contributed by atoms with Crippen molar-refractivity contribution < 1.29 is 0 Å². The van der Waals surface area contributed by atoms with Crippen molar-refractivity contribution in [1.29, 1.82) is 0 Å². The highest BCUT2D eigenvalue weighted by Gasteiger charge is 2.41. The normalized spacial score (nSPS) is 21.9. The van der Waals surface area contributed by atoms with Gasteiger partial charge in [-0.15, -0.1) is 0 Å². The number of halogens is 1. The average Bonchev–Trinajstić information content (AvgIpc) is 3.05. The first-order valence-electron chi connectivity index (χ1n) is 8.40. The van der Waals surface area contributed by atoms with Gasteiger partial charge in [-0.1, -0.05) is 11.6 Å². The van der Waals surface area contributed by atoms with Gasteiger partial charge in [0.25, 0.3) is 0 Å². The molecule has 0 saturated carbocycles. The van der Waals surface area contributed by atoms with E-state index in [9.17, 15) is 0 Å². The first kappa shape index (κ1) is 14.6. The minimum atomic E-state index is 0.440. The summed E-state index contributed by atoms with van der Waals surface area (Å²) >= 11 is 6.18. The molecule has 0 bridgehead atoms. The van der Waals surface area contributed by atoms with Gasteiger partial charge >= 0.3 is 0 Å². The van der Waals surface area contributed by atoms with E-state index in [0.717, 1.165) is 24.7 Å². The second-order valence-electron chi connectivity index (χ2n) is 6.98. The van der Waals surface area contributed by atoms with Crippen molar-refractivity contribution in [3.63, 3.8) is 0 Å². The van der Waals surface area contributed by atoms with Gasteiger partial charge in [0.05, 0.1) is 0 Å². The molecule has 2 aliphatic rings. The van der Waals surface area contributed by atoms with Crippen LogP contribution < -0.4 is 5.32 Å². The van der Waals surface area contributed by atoms with E-state index in [4.69, 9.17) is 11.6 Å². The third-order valence-corrected chi connectivity index (χ3v) is 5.82. The number of piperidine rings is 1. The lowest BCUT2D eigenvalue weighted by Gasteiger charge is -2.41. The van der Waals surface area contributed by atoms with Crippen molar-refractivity contribution >= 4 is 22.5 Å². The van der Waals surface area contributed by atoms with Crippen LogP contribution in [0.1, 0.15) is 36.9 Å². The molecule has 2 N–H and O–H groups in total. The van der Waals surface area contributed by atoms with E-state index >= 15 is 0 Å². The number of aromatic nitrogens is 1. The Bertz CT molecular complexity index is 685. The van der Waals surface area contributed by atoms with Crippen molar-refractivity contribution in [3.05, 3.63) is 34.5 Å². The van der Waals surface area contributed by atoms with Gasteiger partial charge in [-0.05, 0) is 76.0 Å². The molecular formula is C18H24ClN3. The molecule has 1 aromatic heterocycles. The zero-order valence-electron chi connectivity index (χ0n) is 13.2.